The van der Waals surface area contributed by atoms with Crippen molar-refractivity contribution in [2.75, 3.05) is 13.1 Å². The monoisotopic (exact) mass is 296 g/mol. The van der Waals surface area contributed by atoms with Crippen LogP contribution in [0.2, 0.25) is 0 Å². The van der Waals surface area contributed by atoms with E-state index in [1.807, 2.05) is 20.8 Å². The normalized spacial score (nSPS) is 19.2. The van der Waals surface area contributed by atoms with Crippen LogP contribution < -0.4 is 5.32 Å². The van der Waals surface area contributed by atoms with Crippen molar-refractivity contribution in [3.05, 3.63) is 0 Å². The third kappa shape index (κ3) is 5.14. The third-order valence-electron chi connectivity index (χ3n) is 3.93. The Morgan fingerprint density at radius 2 is 1.95 bits per heavy atom. The van der Waals surface area contributed by atoms with E-state index in [2.05, 4.69) is 12.2 Å². The van der Waals surface area contributed by atoms with Gasteiger partial charge in [0.05, 0.1) is 5.92 Å². The topological polar surface area (TPSA) is 66.5 Å². The molecule has 0 aliphatic carbocycles. The maximum absolute atomic E-state index is 12.3. The van der Waals surface area contributed by atoms with Crippen LogP contribution in [-0.4, -0.2) is 35.7 Å². The molecule has 1 aliphatic rings. The minimum absolute atomic E-state index is 0.00471. The molecule has 1 fully saturated rings. The fraction of sp³-hybridized carbons (Fsp3) is 0.812. The summed E-state index contributed by atoms with van der Waals surface area (Å²) in [7, 11) is 0. The molecule has 1 saturated heterocycles. The summed E-state index contributed by atoms with van der Waals surface area (Å²) in [5.74, 6) is -0.427. The Bertz CT molecular complexity index is 399. The molecule has 120 valence electrons. The molecule has 5 nitrogen and oxygen atoms in total. The summed E-state index contributed by atoms with van der Waals surface area (Å²) in [6.45, 7) is 9.06. The van der Waals surface area contributed by atoms with Crippen LogP contribution in [0.25, 0.3) is 0 Å². The second kappa shape index (κ2) is 7.57. The van der Waals surface area contributed by atoms with Gasteiger partial charge < -0.3 is 5.32 Å². The largest absolute Gasteiger partial charge is 0.356 e. The first-order valence-electron chi connectivity index (χ1n) is 7.88. The van der Waals surface area contributed by atoms with Crippen LogP contribution in [0.3, 0.4) is 0 Å². The van der Waals surface area contributed by atoms with E-state index in [0.717, 1.165) is 12.8 Å². The predicted octanol–water partition coefficient (Wildman–Crippen LogP) is 2.10. The lowest BCUT2D eigenvalue weighted by molar-refractivity contribution is -0.140. The van der Waals surface area contributed by atoms with Crippen LogP contribution >= 0.6 is 0 Å². The molecule has 21 heavy (non-hydrogen) atoms. The van der Waals surface area contributed by atoms with Gasteiger partial charge in [0.15, 0.2) is 0 Å². The number of hydrogen-bond donors (Lipinski definition) is 1. The maximum Gasteiger partial charge on any atom is 0.233 e. The number of amides is 3. The number of imide groups is 1. The van der Waals surface area contributed by atoms with Gasteiger partial charge in [-0.15, -0.1) is 0 Å². The van der Waals surface area contributed by atoms with Crippen LogP contribution in [0.15, 0.2) is 0 Å². The highest BCUT2D eigenvalue weighted by atomic mass is 16.2. The van der Waals surface area contributed by atoms with E-state index in [1.165, 1.54) is 4.90 Å². The lowest BCUT2D eigenvalue weighted by Crippen LogP contribution is -2.35. The maximum atomic E-state index is 12.3. The number of likely N-dealkylation sites (tertiary alicyclic amines) is 1. The molecule has 1 atom stereocenters. The van der Waals surface area contributed by atoms with Gasteiger partial charge in [-0.2, -0.15) is 0 Å². The molecule has 1 unspecified atom stereocenters. The highest BCUT2D eigenvalue weighted by Gasteiger charge is 2.44. The van der Waals surface area contributed by atoms with Crippen molar-refractivity contribution in [1.82, 2.24) is 10.2 Å². The number of hydrogen-bond acceptors (Lipinski definition) is 3. The number of carbonyl (C=O) groups is 3. The molecule has 1 N–H and O–H groups in total. The quantitative estimate of drug-likeness (QED) is 0.578. The fourth-order valence-corrected chi connectivity index (χ4v) is 2.49. The molecule has 0 bridgehead atoms. The summed E-state index contributed by atoms with van der Waals surface area (Å²) in [6, 6.07) is 0. The van der Waals surface area contributed by atoms with E-state index >= 15 is 0 Å². The zero-order chi connectivity index (χ0) is 16.0. The Morgan fingerprint density at radius 1 is 1.29 bits per heavy atom. The van der Waals surface area contributed by atoms with E-state index in [4.69, 9.17) is 0 Å². The van der Waals surface area contributed by atoms with E-state index in [9.17, 15) is 14.4 Å². The summed E-state index contributed by atoms with van der Waals surface area (Å²) >= 11 is 0. The highest BCUT2D eigenvalue weighted by molar-refractivity contribution is 6.03. The van der Waals surface area contributed by atoms with Crippen molar-refractivity contribution in [2.45, 2.75) is 59.8 Å². The van der Waals surface area contributed by atoms with Crippen LogP contribution in [0.5, 0.6) is 0 Å². The van der Waals surface area contributed by atoms with Crippen molar-refractivity contribution in [1.29, 1.82) is 0 Å². The van der Waals surface area contributed by atoms with Crippen LogP contribution in [0, 0.1) is 11.3 Å². The number of nitrogens with one attached hydrogen (secondary N) is 1. The Morgan fingerprint density at radius 3 is 2.48 bits per heavy atom. The molecule has 5 heteroatoms. The lowest BCUT2D eigenvalue weighted by Gasteiger charge is -2.24. The van der Waals surface area contributed by atoms with Gasteiger partial charge in [0.25, 0.3) is 0 Å². The second-order valence-corrected chi connectivity index (χ2v) is 6.81. The van der Waals surface area contributed by atoms with Crippen LogP contribution in [0.1, 0.15) is 59.8 Å². The van der Waals surface area contributed by atoms with Crippen molar-refractivity contribution in [2.24, 2.45) is 11.3 Å². The summed E-state index contributed by atoms with van der Waals surface area (Å²) in [4.78, 5) is 37.1. The van der Waals surface area contributed by atoms with E-state index in [-0.39, 0.29) is 29.1 Å². The second-order valence-electron chi connectivity index (χ2n) is 6.81. The summed E-state index contributed by atoms with van der Waals surface area (Å²) < 4.78 is 0. The molecule has 1 aliphatic heterocycles. The van der Waals surface area contributed by atoms with Crippen molar-refractivity contribution in [3.8, 4) is 0 Å². The SMILES string of the molecule is CCCCNC(=O)CCCN1C(=O)CC(C(C)(C)C)C1=O. The average Bonchev–Trinajstić information content (AvgIpc) is 2.66. The van der Waals surface area contributed by atoms with Gasteiger partial charge in [-0.05, 0) is 18.3 Å². The van der Waals surface area contributed by atoms with Gasteiger partial charge in [0, 0.05) is 25.9 Å². The molecular formula is C16H28N2O3. The zero-order valence-corrected chi connectivity index (χ0v) is 13.7. The van der Waals surface area contributed by atoms with E-state index < -0.39 is 0 Å². The van der Waals surface area contributed by atoms with Gasteiger partial charge >= 0.3 is 0 Å². The standard InChI is InChI=1S/C16H28N2O3/c1-5-6-9-17-13(19)8-7-10-18-14(20)11-12(15(18)21)16(2,3)4/h12H,5-11H2,1-4H3,(H,17,19). The summed E-state index contributed by atoms with van der Waals surface area (Å²) in [5, 5.41) is 2.84. The van der Waals surface area contributed by atoms with Crippen LogP contribution in [-0.2, 0) is 14.4 Å². The van der Waals surface area contributed by atoms with Gasteiger partial charge in [0.2, 0.25) is 17.7 Å². The first-order chi connectivity index (χ1) is 9.77. The minimum atomic E-state index is -0.233. The molecule has 1 rings (SSSR count). The third-order valence-corrected chi connectivity index (χ3v) is 3.93. The Kier molecular flexibility index (Phi) is 6.37. The zero-order valence-electron chi connectivity index (χ0n) is 13.7. The first kappa shape index (κ1) is 17.7. The average molecular weight is 296 g/mol. The molecule has 0 aromatic heterocycles. The minimum Gasteiger partial charge on any atom is -0.356 e. The molecule has 0 aromatic carbocycles. The molecule has 0 radical (unpaired) electrons. The first-order valence-corrected chi connectivity index (χ1v) is 7.88. The van der Waals surface area contributed by atoms with Crippen LogP contribution in [0.4, 0.5) is 0 Å². The van der Waals surface area contributed by atoms with Gasteiger partial charge in [0.1, 0.15) is 0 Å². The van der Waals surface area contributed by atoms with Crippen molar-refractivity contribution >= 4 is 17.7 Å². The number of carbonyl (C=O) groups excluding carboxylic acids is 3. The molecule has 0 spiro atoms. The smallest absolute Gasteiger partial charge is 0.233 e. The molecule has 1 heterocycles. The predicted molar refractivity (Wildman–Crippen MR) is 81.4 cm³/mol. The highest BCUT2D eigenvalue weighted by Crippen LogP contribution is 2.35. The summed E-state index contributed by atoms with van der Waals surface area (Å²) in [6.07, 6.45) is 3.21. The van der Waals surface area contributed by atoms with Gasteiger partial charge in [-0.25, -0.2) is 0 Å². The number of rotatable bonds is 7. The van der Waals surface area contributed by atoms with Crippen molar-refractivity contribution in [3.63, 3.8) is 0 Å². The molecular weight excluding hydrogens is 268 g/mol. The van der Waals surface area contributed by atoms with E-state index in [0.29, 0.717) is 32.4 Å². The summed E-state index contributed by atoms with van der Waals surface area (Å²) in [5.41, 5.74) is -0.195. The molecule has 0 saturated carbocycles. The Balaban J connectivity index is 2.37. The molecule has 3 amide bonds. The lowest BCUT2D eigenvalue weighted by atomic mass is 9.80. The Labute approximate surface area is 127 Å². The number of unbranched alkanes of at least 4 members (excludes halogenated alkanes) is 1. The van der Waals surface area contributed by atoms with Crippen molar-refractivity contribution < 1.29 is 14.4 Å². The van der Waals surface area contributed by atoms with Gasteiger partial charge in [-0.1, -0.05) is 34.1 Å². The van der Waals surface area contributed by atoms with Gasteiger partial charge in [-0.3, -0.25) is 19.3 Å². The fourth-order valence-electron chi connectivity index (χ4n) is 2.49. The van der Waals surface area contributed by atoms with E-state index in [1.54, 1.807) is 0 Å². The Hall–Kier alpha value is -1.39. The molecule has 0 aromatic rings. The number of nitrogens with zero attached hydrogens (tertiary/aromatic N) is 1.